The summed E-state index contributed by atoms with van der Waals surface area (Å²) >= 11 is 12.0. The van der Waals surface area contributed by atoms with Gasteiger partial charge in [0.1, 0.15) is 11.6 Å². The van der Waals surface area contributed by atoms with E-state index in [4.69, 9.17) is 23.2 Å². The van der Waals surface area contributed by atoms with Crippen molar-refractivity contribution >= 4 is 40.9 Å². The Morgan fingerprint density at radius 1 is 0.974 bits per heavy atom. The Morgan fingerprint density at radius 2 is 1.61 bits per heavy atom. The molecule has 0 radical (unpaired) electrons. The van der Waals surface area contributed by atoms with Gasteiger partial charge in [-0.1, -0.05) is 35.3 Å². The second kappa shape index (κ2) is 9.63. The van der Waals surface area contributed by atoms with Crippen molar-refractivity contribution in [2.75, 3.05) is 5.32 Å². The Hall–Kier alpha value is -3.00. The van der Waals surface area contributed by atoms with Crippen LogP contribution in [0.2, 0.25) is 10.0 Å². The van der Waals surface area contributed by atoms with Gasteiger partial charge >= 0.3 is 0 Å². The van der Waals surface area contributed by atoms with Crippen molar-refractivity contribution in [1.82, 2.24) is 4.57 Å². The van der Waals surface area contributed by atoms with Crippen LogP contribution in [-0.2, 0) is 10.2 Å². The zero-order chi connectivity index (χ0) is 26.6. The number of aryl methyl sites for hydroxylation is 1. The Kier molecular flexibility index (Phi) is 6.41. The van der Waals surface area contributed by atoms with E-state index >= 15 is 0 Å². The first-order valence-corrected chi connectivity index (χ1v) is 14.2. The molecule has 4 bridgehead atoms. The number of nitriles is 1. The van der Waals surface area contributed by atoms with Gasteiger partial charge in [0, 0.05) is 22.8 Å². The summed E-state index contributed by atoms with van der Waals surface area (Å²) in [6, 6.07) is 18.1. The average Bonchev–Trinajstić information content (AvgIpc) is 3.16. The predicted molar refractivity (Wildman–Crippen MR) is 154 cm³/mol. The molecule has 7 rings (SSSR count). The molecule has 0 atom stereocenters. The van der Waals surface area contributed by atoms with Crippen molar-refractivity contribution in [1.29, 1.82) is 5.26 Å². The van der Waals surface area contributed by atoms with Crippen LogP contribution >= 0.6 is 23.2 Å². The number of benzene rings is 2. The van der Waals surface area contributed by atoms with Gasteiger partial charge in [-0.2, -0.15) is 5.26 Å². The van der Waals surface area contributed by atoms with Crippen LogP contribution in [0.4, 0.5) is 5.69 Å². The molecular weight excluding hydrogens is 513 g/mol. The van der Waals surface area contributed by atoms with Crippen molar-refractivity contribution in [3.8, 4) is 11.8 Å². The third-order valence-corrected chi connectivity index (χ3v) is 9.83. The molecule has 2 aromatic carbocycles. The largest absolute Gasteiger partial charge is 0.321 e. The van der Waals surface area contributed by atoms with Crippen LogP contribution in [0.25, 0.3) is 11.8 Å². The Bertz CT molecular complexity index is 1460. The highest BCUT2D eigenvalue weighted by atomic mass is 35.5. The molecule has 0 unspecified atom stereocenters. The standard InChI is InChI=1S/C32H31Cl2N3O/c1-19-9-24(13-25(18-35)31(38)36-27-5-8-29(33)30(34)14-27)20(2)37(19)28-6-3-26(4-7-28)32-15-21-10-22(16-32)12-23(11-21)17-32/h3-9,13-14,21-23H,10-12,15-17H2,1-2H3,(H,36,38). The molecule has 1 amide bonds. The molecule has 4 nitrogen and oxygen atoms in total. The number of nitrogens with zero attached hydrogens (tertiary/aromatic N) is 2. The van der Waals surface area contributed by atoms with Gasteiger partial charge in [-0.15, -0.1) is 0 Å². The molecule has 4 saturated carbocycles. The average molecular weight is 545 g/mol. The van der Waals surface area contributed by atoms with Crippen LogP contribution in [-0.4, -0.2) is 10.5 Å². The van der Waals surface area contributed by atoms with Gasteiger partial charge in [-0.05, 0) is 129 Å². The molecule has 4 aliphatic carbocycles. The second-order valence-electron chi connectivity index (χ2n) is 11.7. The van der Waals surface area contributed by atoms with E-state index in [2.05, 4.69) is 41.1 Å². The van der Waals surface area contributed by atoms with Crippen molar-refractivity contribution in [3.05, 3.63) is 86.7 Å². The van der Waals surface area contributed by atoms with E-state index in [1.54, 1.807) is 24.3 Å². The van der Waals surface area contributed by atoms with Crippen LogP contribution in [0.1, 0.15) is 61.0 Å². The zero-order valence-electron chi connectivity index (χ0n) is 21.7. The van der Waals surface area contributed by atoms with E-state index in [-0.39, 0.29) is 5.57 Å². The molecule has 38 heavy (non-hydrogen) atoms. The minimum atomic E-state index is -0.490. The van der Waals surface area contributed by atoms with Crippen molar-refractivity contribution < 1.29 is 4.79 Å². The van der Waals surface area contributed by atoms with Crippen LogP contribution in [0.5, 0.6) is 0 Å². The first-order chi connectivity index (χ1) is 18.2. The highest BCUT2D eigenvalue weighted by molar-refractivity contribution is 6.42. The Balaban J connectivity index is 1.25. The maximum atomic E-state index is 12.8. The van der Waals surface area contributed by atoms with Crippen molar-refractivity contribution in [2.45, 2.75) is 57.8 Å². The summed E-state index contributed by atoms with van der Waals surface area (Å²) in [7, 11) is 0. The van der Waals surface area contributed by atoms with Gasteiger partial charge in [0.05, 0.1) is 10.0 Å². The van der Waals surface area contributed by atoms with Crippen LogP contribution in [0, 0.1) is 42.9 Å². The number of nitrogens with one attached hydrogen (secondary N) is 1. The molecule has 4 aliphatic rings. The van der Waals surface area contributed by atoms with Gasteiger partial charge < -0.3 is 9.88 Å². The first kappa shape index (κ1) is 25.3. The Labute approximate surface area is 234 Å². The molecule has 0 aliphatic heterocycles. The van der Waals surface area contributed by atoms with Gasteiger partial charge in [-0.3, -0.25) is 4.79 Å². The van der Waals surface area contributed by atoms with Crippen LogP contribution < -0.4 is 5.32 Å². The fraction of sp³-hybridized carbons (Fsp3) is 0.375. The minimum absolute atomic E-state index is 0.0217. The van der Waals surface area contributed by atoms with E-state index in [1.165, 1.54) is 44.1 Å². The van der Waals surface area contributed by atoms with Crippen molar-refractivity contribution in [3.63, 3.8) is 0 Å². The Morgan fingerprint density at radius 3 is 2.18 bits per heavy atom. The topological polar surface area (TPSA) is 57.8 Å². The lowest BCUT2D eigenvalue weighted by Gasteiger charge is -2.57. The quantitative estimate of drug-likeness (QED) is 0.259. The highest BCUT2D eigenvalue weighted by Crippen LogP contribution is 2.60. The molecule has 3 aromatic rings. The van der Waals surface area contributed by atoms with E-state index < -0.39 is 5.91 Å². The van der Waals surface area contributed by atoms with E-state index in [1.807, 2.05) is 19.1 Å². The lowest BCUT2D eigenvalue weighted by molar-refractivity contribution is -0.112. The monoisotopic (exact) mass is 543 g/mol. The fourth-order valence-corrected chi connectivity index (χ4v) is 8.13. The predicted octanol–water partition coefficient (Wildman–Crippen LogP) is 8.41. The number of hydrogen-bond donors (Lipinski definition) is 1. The molecule has 1 heterocycles. The molecule has 1 aromatic heterocycles. The lowest BCUT2D eigenvalue weighted by atomic mass is 9.48. The van der Waals surface area contributed by atoms with Crippen molar-refractivity contribution in [2.24, 2.45) is 17.8 Å². The SMILES string of the molecule is Cc1cc(C=C(C#N)C(=O)Nc2ccc(Cl)c(Cl)c2)c(C)n1-c1ccc(C23CC4CC(CC(C4)C2)C3)cc1. The zero-order valence-corrected chi connectivity index (χ0v) is 23.2. The van der Waals surface area contributed by atoms with Crippen LogP contribution in [0.3, 0.4) is 0 Å². The fourth-order valence-electron chi connectivity index (χ4n) is 7.84. The minimum Gasteiger partial charge on any atom is -0.321 e. The number of hydrogen-bond acceptors (Lipinski definition) is 2. The normalized spacial score (nSPS) is 25.9. The van der Waals surface area contributed by atoms with Gasteiger partial charge in [0.2, 0.25) is 0 Å². The summed E-state index contributed by atoms with van der Waals surface area (Å²) < 4.78 is 2.20. The van der Waals surface area contributed by atoms with Gasteiger partial charge in [0.15, 0.2) is 0 Å². The molecule has 4 fully saturated rings. The molecule has 0 spiro atoms. The lowest BCUT2D eigenvalue weighted by Crippen LogP contribution is -2.48. The number of carbonyl (C=O) groups excluding carboxylic acids is 1. The van der Waals surface area contributed by atoms with Gasteiger partial charge in [0.25, 0.3) is 5.91 Å². The maximum Gasteiger partial charge on any atom is 0.266 e. The number of anilines is 1. The van der Waals surface area contributed by atoms with E-state index in [0.717, 1.165) is 40.4 Å². The highest BCUT2D eigenvalue weighted by Gasteiger charge is 2.51. The summed E-state index contributed by atoms with van der Waals surface area (Å²) in [5, 5.41) is 13.2. The number of amides is 1. The third-order valence-electron chi connectivity index (χ3n) is 9.09. The molecular formula is C32H31Cl2N3O. The van der Waals surface area contributed by atoms with Gasteiger partial charge in [-0.25, -0.2) is 0 Å². The molecule has 1 N–H and O–H groups in total. The molecule has 194 valence electrons. The summed E-state index contributed by atoms with van der Waals surface area (Å²) in [5.41, 5.74) is 6.38. The summed E-state index contributed by atoms with van der Waals surface area (Å²) in [6.45, 7) is 4.08. The maximum absolute atomic E-state index is 12.8. The number of rotatable bonds is 5. The number of aromatic nitrogens is 1. The van der Waals surface area contributed by atoms with E-state index in [0.29, 0.717) is 21.1 Å². The third kappa shape index (κ3) is 4.46. The second-order valence-corrected chi connectivity index (χ2v) is 12.5. The molecule has 0 saturated heterocycles. The first-order valence-electron chi connectivity index (χ1n) is 13.4. The number of halogens is 2. The summed E-state index contributed by atoms with van der Waals surface area (Å²) in [4.78, 5) is 12.8. The van der Waals surface area contributed by atoms with E-state index in [9.17, 15) is 10.1 Å². The smallest absolute Gasteiger partial charge is 0.266 e. The summed E-state index contributed by atoms with van der Waals surface area (Å²) in [5.74, 6) is 2.28. The molecule has 6 heteroatoms. The summed E-state index contributed by atoms with van der Waals surface area (Å²) in [6.07, 6.45) is 10.1. The van der Waals surface area contributed by atoms with Crippen LogP contribution in [0.15, 0.2) is 54.1 Å². The number of carbonyl (C=O) groups is 1.